The Balaban J connectivity index is 2.06. The van der Waals surface area contributed by atoms with Gasteiger partial charge in [0.2, 0.25) is 0 Å². The molecule has 3 rings (SSSR count). The highest BCUT2D eigenvalue weighted by Gasteiger charge is 2.16. The molecule has 1 N–H and O–H groups in total. The van der Waals surface area contributed by atoms with E-state index in [1.165, 1.54) is 16.7 Å². The number of ether oxygens (including phenoxy) is 2. The van der Waals surface area contributed by atoms with Gasteiger partial charge in [0, 0.05) is 17.7 Å². The molecule has 2 aromatic carbocycles. The maximum absolute atomic E-state index is 5.92. The summed E-state index contributed by atoms with van der Waals surface area (Å²) in [7, 11) is 3.65. The molecular formula is C18H21NO2. The van der Waals surface area contributed by atoms with Gasteiger partial charge in [0.25, 0.3) is 0 Å². The predicted octanol–water partition coefficient (Wildman–Crippen LogP) is 3.41. The van der Waals surface area contributed by atoms with E-state index in [0.717, 1.165) is 43.1 Å². The van der Waals surface area contributed by atoms with Gasteiger partial charge < -0.3 is 14.8 Å². The van der Waals surface area contributed by atoms with Crippen molar-refractivity contribution in [1.82, 2.24) is 5.32 Å². The molecule has 21 heavy (non-hydrogen) atoms. The van der Waals surface area contributed by atoms with Crippen LogP contribution in [0.3, 0.4) is 0 Å². The van der Waals surface area contributed by atoms with Crippen LogP contribution in [0.2, 0.25) is 0 Å². The third-order valence-electron chi connectivity index (χ3n) is 3.89. The van der Waals surface area contributed by atoms with E-state index in [9.17, 15) is 0 Å². The number of methoxy groups -OCH3 is 1. The standard InChI is InChI=1S/C18H21NO2/c1-19-12-15-11-14(8-9-17(15)20-2)16-7-3-5-13-6-4-10-21-18(13)16/h3,5,7-9,11,19H,4,6,10,12H2,1-2H3. The normalized spacial score (nSPS) is 13.4. The van der Waals surface area contributed by atoms with Crippen LogP contribution in [0.15, 0.2) is 36.4 Å². The van der Waals surface area contributed by atoms with Crippen molar-refractivity contribution < 1.29 is 9.47 Å². The molecule has 0 aromatic heterocycles. The Hall–Kier alpha value is -2.00. The van der Waals surface area contributed by atoms with E-state index in [0.29, 0.717) is 0 Å². The van der Waals surface area contributed by atoms with Gasteiger partial charge in [-0.2, -0.15) is 0 Å². The van der Waals surface area contributed by atoms with Crippen LogP contribution >= 0.6 is 0 Å². The number of nitrogens with one attached hydrogen (secondary N) is 1. The molecule has 1 aliphatic rings. The first-order valence-electron chi connectivity index (χ1n) is 7.40. The molecule has 0 saturated heterocycles. The fourth-order valence-electron chi connectivity index (χ4n) is 2.89. The Kier molecular flexibility index (Phi) is 4.11. The van der Waals surface area contributed by atoms with Crippen LogP contribution in [-0.4, -0.2) is 20.8 Å². The second-order valence-corrected chi connectivity index (χ2v) is 5.30. The summed E-state index contributed by atoms with van der Waals surface area (Å²) >= 11 is 0. The molecule has 0 fully saturated rings. The molecule has 2 aromatic rings. The summed E-state index contributed by atoms with van der Waals surface area (Å²) in [5, 5.41) is 3.19. The van der Waals surface area contributed by atoms with Crippen LogP contribution in [0.4, 0.5) is 0 Å². The second kappa shape index (κ2) is 6.19. The molecule has 3 heteroatoms. The molecule has 0 atom stereocenters. The van der Waals surface area contributed by atoms with Crippen LogP contribution in [0.25, 0.3) is 11.1 Å². The first kappa shape index (κ1) is 14.0. The van der Waals surface area contributed by atoms with Crippen molar-refractivity contribution in [2.75, 3.05) is 20.8 Å². The zero-order chi connectivity index (χ0) is 14.7. The molecule has 1 heterocycles. The fourth-order valence-corrected chi connectivity index (χ4v) is 2.89. The molecule has 0 radical (unpaired) electrons. The van der Waals surface area contributed by atoms with Gasteiger partial charge in [0.1, 0.15) is 11.5 Å². The van der Waals surface area contributed by atoms with Crippen molar-refractivity contribution in [3.8, 4) is 22.6 Å². The Morgan fingerprint density at radius 3 is 2.95 bits per heavy atom. The summed E-state index contributed by atoms with van der Waals surface area (Å²) in [5.41, 5.74) is 4.82. The third-order valence-corrected chi connectivity index (χ3v) is 3.89. The number of hydrogen-bond acceptors (Lipinski definition) is 3. The van der Waals surface area contributed by atoms with Gasteiger partial charge in [-0.25, -0.2) is 0 Å². The van der Waals surface area contributed by atoms with Crippen molar-refractivity contribution in [1.29, 1.82) is 0 Å². The maximum Gasteiger partial charge on any atom is 0.130 e. The molecule has 0 spiro atoms. The predicted molar refractivity (Wildman–Crippen MR) is 85.0 cm³/mol. The van der Waals surface area contributed by atoms with Crippen molar-refractivity contribution in [2.45, 2.75) is 19.4 Å². The molecule has 0 bridgehead atoms. The van der Waals surface area contributed by atoms with E-state index >= 15 is 0 Å². The number of fused-ring (bicyclic) bond motifs is 1. The lowest BCUT2D eigenvalue weighted by molar-refractivity contribution is 0.289. The van der Waals surface area contributed by atoms with Crippen LogP contribution in [0, 0.1) is 0 Å². The highest BCUT2D eigenvalue weighted by molar-refractivity contribution is 5.73. The molecular weight excluding hydrogens is 262 g/mol. The van der Waals surface area contributed by atoms with Crippen molar-refractivity contribution in [3.05, 3.63) is 47.5 Å². The van der Waals surface area contributed by atoms with Gasteiger partial charge in [-0.15, -0.1) is 0 Å². The highest BCUT2D eigenvalue weighted by Crippen LogP contribution is 2.37. The lowest BCUT2D eigenvalue weighted by Gasteiger charge is -2.21. The van der Waals surface area contributed by atoms with Gasteiger partial charge in [0.15, 0.2) is 0 Å². The van der Waals surface area contributed by atoms with Gasteiger partial charge in [-0.3, -0.25) is 0 Å². The minimum Gasteiger partial charge on any atom is -0.496 e. The average Bonchev–Trinajstić information content (AvgIpc) is 2.54. The number of rotatable bonds is 4. The van der Waals surface area contributed by atoms with Crippen molar-refractivity contribution >= 4 is 0 Å². The largest absolute Gasteiger partial charge is 0.496 e. The van der Waals surface area contributed by atoms with Crippen LogP contribution in [0.5, 0.6) is 11.5 Å². The molecule has 0 aliphatic carbocycles. The molecule has 0 unspecified atom stereocenters. The summed E-state index contributed by atoms with van der Waals surface area (Å²) in [6.45, 7) is 1.59. The molecule has 0 saturated carbocycles. The summed E-state index contributed by atoms with van der Waals surface area (Å²) in [4.78, 5) is 0. The number of hydrogen-bond donors (Lipinski definition) is 1. The average molecular weight is 283 g/mol. The van der Waals surface area contributed by atoms with E-state index in [2.05, 4.69) is 35.6 Å². The van der Waals surface area contributed by atoms with Crippen molar-refractivity contribution in [2.24, 2.45) is 0 Å². The van der Waals surface area contributed by atoms with Gasteiger partial charge >= 0.3 is 0 Å². The summed E-state index contributed by atoms with van der Waals surface area (Å²) in [6, 6.07) is 12.7. The van der Waals surface area contributed by atoms with E-state index < -0.39 is 0 Å². The minimum atomic E-state index is 0.785. The van der Waals surface area contributed by atoms with Crippen molar-refractivity contribution in [3.63, 3.8) is 0 Å². The van der Waals surface area contributed by atoms with Crippen LogP contribution < -0.4 is 14.8 Å². The van der Waals surface area contributed by atoms with Crippen LogP contribution in [0.1, 0.15) is 17.5 Å². The lowest BCUT2D eigenvalue weighted by Crippen LogP contribution is -2.09. The number of aryl methyl sites for hydroxylation is 1. The quantitative estimate of drug-likeness (QED) is 0.933. The van der Waals surface area contributed by atoms with Gasteiger partial charge in [0.05, 0.1) is 13.7 Å². The van der Waals surface area contributed by atoms with E-state index in [1.54, 1.807) is 7.11 Å². The Labute approximate surface area is 125 Å². The zero-order valence-electron chi connectivity index (χ0n) is 12.6. The number of benzene rings is 2. The van der Waals surface area contributed by atoms with E-state index in [1.807, 2.05) is 13.1 Å². The first-order chi connectivity index (χ1) is 10.3. The minimum absolute atomic E-state index is 0.785. The molecule has 3 nitrogen and oxygen atoms in total. The van der Waals surface area contributed by atoms with E-state index in [-0.39, 0.29) is 0 Å². The second-order valence-electron chi connectivity index (χ2n) is 5.30. The SMILES string of the molecule is CNCc1cc(-c2cccc3c2OCCC3)ccc1OC. The molecule has 0 amide bonds. The highest BCUT2D eigenvalue weighted by atomic mass is 16.5. The topological polar surface area (TPSA) is 30.5 Å². The fraction of sp³-hybridized carbons (Fsp3) is 0.333. The smallest absolute Gasteiger partial charge is 0.130 e. The van der Waals surface area contributed by atoms with Gasteiger partial charge in [-0.1, -0.05) is 24.3 Å². The third kappa shape index (κ3) is 2.74. The Morgan fingerprint density at radius 1 is 1.24 bits per heavy atom. The summed E-state index contributed by atoms with van der Waals surface area (Å²) in [5.74, 6) is 1.96. The van der Waals surface area contributed by atoms with Gasteiger partial charge in [-0.05, 0) is 43.1 Å². The Morgan fingerprint density at radius 2 is 2.14 bits per heavy atom. The lowest BCUT2D eigenvalue weighted by atomic mass is 9.96. The molecule has 110 valence electrons. The number of para-hydroxylation sites is 1. The van der Waals surface area contributed by atoms with Crippen LogP contribution in [-0.2, 0) is 13.0 Å². The van der Waals surface area contributed by atoms with E-state index in [4.69, 9.17) is 9.47 Å². The first-order valence-corrected chi connectivity index (χ1v) is 7.40. The maximum atomic E-state index is 5.92. The Bertz CT molecular complexity index is 637. The monoisotopic (exact) mass is 283 g/mol. The molecule has 1 aliphatic heterocycles. The summed E-state index contributed by atoms with van der Waals surface area (Å²) in [6.07, 6.45) is 2.20. The summed E-state index contributed by atoms with van der Waals surface area (Å²) < 4.78 is 11.3. The zero-order valence-corrected chi connectivity index (χ0v) is 12.6.